The molecule has 140 valence electrons. The molecule has 0 aliphatic heterocycles. The molecule has 1 fully saturated rings. The Kier molecular flexibility index (Phi) is 4.89. The van der Waals surface area contributed by atoms with E-state index in [0.717, 1.165) is 16.9 Å². The minimum atomic E-state index is -0.198. The number of allylic oxidation sites excluding steroid dienone is 1. The molecule has 0 bridgehead atoms. The van der Waals surface area contributed by atoms with Gasteiger partial charge < -0.3 is 5.73 Å². The molecule has 1 aliphatic carbocycles. The monoisotopic (exact) mass is 370 g/mol. The van der Waals surface area contributed by atoms with E-state index in [1.165, 1.54) is 30.7 Å². The molecule has 1 aromatic heterocycles. The number of aliphatic imine (C=N–C) groups is 1. The molecule has 5 nitrogen and oxygen atoms in total. The minimum absolute atomic E-state index is 0.198. The highest BCUT2D eigenvalue weighted by Crippen LogP contribution is 2.40. The summed E-state index contributed by atoms with van der Waals surface area (Å²) in [6, 6.07) is 17.4. The minimum Gasteiger partial charge on any atom is -0.405 e. The Labute approximate surface area is 163 Å². The van der Waals surface area contributed by atoms with E-state index in [9.17, 15) is 4.79 Å². The highest BCUT2D eigenvalue weighted by molar-refractivity contribution is 6.08. The van der Waals surface area contributed by atoms with Crippen molar-refractivity contribution in [3.8, 4) is 5.69 Å². The average Bonchev–Trinajstić information content (AvgIpc) is 3.54. The molecule has 28 heavy (non-hydrogen) atoms. The van der Waals surface area contributed by atoms with E-state index in [2.05, 4.69) is 35.2 Å². The van der Waals surface area contributed by atoms with Crippen molar-refractivity contribution in [3.63, 3.8) is 0 Å². The van der Waals surface area contributed by atoms with Gasteiger partial charge in [-0.05, 0) is 67.3 Å². The van der Waals surface area contributed by atoms with Crippen LogP contribution in [0.15, 0.2) is 82.9 Å². The summed E-state index contributed by atoms with van der Waals surface area (Å²) in [5.74, 6) is 0.699. The topological polar surface area (TPSA) is 73.3 Å². The number of nitrogens with two attached hydrogens (primary N) is 1. The second-order valence-electron chi connectivity index (χ2n) is 6.99. The van der Waals surface area contributed by atoms with Gasteiger partial charge in [-0.25, -0.2) is 9.67 Å². The summed E-state index contributed by atoms with van der Waals surface area (Å²) in [7, 11) is 0. The molecule has 2 aromatic carbocycles. The second kappa shape index (κ2) is 7.64. The Morgan fingerprint density at radius 1 is 1.18 bits per heavy atom. The summed E-state index contributed by atoms with van der Waals surface area (Å²) >= 11 is 0. The Hall–Kier alpha value is -3.47. The summed E-state index contributed by atoms with van der Waals surface area (Å²) in [5.41, 5.74) is 10.3. The van der Waals surface area contributed by atoms with E-state index in [-0.39, 0.29) is 11.1 Å². The van der Waals surface area contributed by atoms with Crippen LogP contribution in [0.3, 0.4) is 0 Å². The van der Waals surface area contributed by atoms with Gasteiger partial charge in [0.1, 0.15) is 0 Å². The third kappa shape index (κ3) is 3.78. The van der Waals surface area contributed by atoms with Gasteiger partial charge >= 0.3 is 0 Å². The molecular weight excluding hydrogens is 348 g/mol. The Morgan fingerprint density at radius 3 is 2.64 bits per heavy atom. The Balaban J connectivity index is 1.78. The van der Waals surface area contributed by atoms with Gasteiger partial charge in [-0.3, -0.25) is 4.79 Å². The van der Waals surface area contributed by atoms with Gasteiger partial charge in [-0.2, -0.15) is 5.10 Å². The van der Waals surface area contributed by atoms with E-state index in [1.807, 2.05) is 30.3 Å². The molecule has 0 unspecified atom stereocenters. The van der Waals surface area contributed by atoms with Crippen molar-refractivity contribution in [2.75, 3.05) is 0 Å². The third-order valence-corrected chi connectivity index (χ3v) is 4.83. The number of hydrogen-bond acceptors (Lipinski definition) is 4. The first-order valence-electron chi connectivity index (χ1n) is 9.39. The molecule has 1 aliphatic rings. The summed E-state index contributed by atoms with van der Waals surface area (Å²) < 4.78 is 1.73. The molecule has 3 aromatic rings. The lowest BCUT2D eigenvalue weighted by molar-refractivity contribution is 0.822. The van der Waals surface area contributed by atoms with Crippen molar-refractivity contribution >= 4 is 11.4 Å². The van der Waals surface area contributed by atoms with Crippen LogP contribution in [0.2, 0.25) is 0 Å². The third-order valence-electron chi connectivity index (χ3n) is 4.83. The summed E-state index contributed by atoms with van der Waals surface area (Å²) in [6.07, 6.45) is 7.20. The van der Waals surface area contributed by atoms with Crippen LogP contribution < -0.4 is 11.2 Å². The lowest BCUT2D eigenvalue weighted by Gasteiger charge is -2.12. The fourth-order valence-electron chi connectivity index (χ4n) is 3.23. The fraction of sp³-hybridized carbons (Fsp3) is 0.174. The largest absolute Gasteiger partial charge is 0.405 e. The van der Waals surface area contributed by atoms with Crippen LogP contribution in [-0.2, 0) is 0 Å². The second-order valence-corrected chi connectivity index (χ2v) is 6.99. The lowest BCUT2D eigenvalue weighted by Crippen LogP contribution is -2.20. The quantitative estimate of drug-likeness (QED) is 0.690. The molecule has 0 radical (unpaired) electrons. The SMILES string of the molecule is Cc1cc(C2CC2)ccc1-n1ccc(=O)c(C(C=CN)=Nc2ccccc2)n1. The molecule has 2 N–H and O–H groups in total. The highest BCUT2D eigenvalue weighted by atomic mass is 16.1. The van der Waals surface area contributed by atoms with Gasteiger partial charge in [-0.15, -0.1) is 0 Å². The van der Waals surface area contributed by atoms with Gasteiger partial charge in [-0.1, -0.05) is 30.3 Å². The lowest BCUT2D eigenvalue weighted by atomic mass is 10.1. The number of aryl methyl sites for hydroxylation is 1. The first-order chi connectivity index (χ1) is 13.7. The molecule has 5 heteroatoms. The van der Waals surface area contributed by atoms with Crippen molar-refractivity contribution in [2.24, 2.45) is 10.7 Å². The first-order valence-corrected chi connectivity index (χ1v) is 9.39. The van der Waals surface area contributed by atoms with E-state index in [0.29, 0.717) is 11.6 Å². The number of hydrogen-bond donors (Lipinski definition) is 1. The van der Waals surface area contributed by atoms with Crippen LogP contribution in [0.25, 0.3) is 5.69 Å². The smallest absolute Gasteiger partial charge is 0.209 e. The van der Waals surface area contributed by atoms with Crippen LogP contribution >= 0.6 is 0 Å². The van der Waals surface area contributed by atoms with E-state index in [1.54, 1.807) is 17.0 Å². The molecular formula is C23H22N4O. The summed E-state index contributed by atoms with van der Waals surface area (Å²) in [4.78, 5) is 17.1. The molecule has 0 amide bonds. The molecule has 0 spiro atoms. The highest BCUT2D eigenvalue weighted by Gasteiger charge is 2.23. The number of rotatable bonds is 5. The zero-order valence-corrected chi connectivity index (χ0v) is 15.7. The van der Waals surface area contributed by atoms with Crippen molar-refractivity contribution < 1.29 is 0 Å². The Morgan fingerprint density at radius 2 is 1.96 bits per heavy atom. The van der Waals surface area contributed by atoms with Gasteiger partial charge in [0, 0.05) is 12.3 Å². The molecule has 0 saturated heterocycles. The van der Waals surface area contributed by atoms with Crippen LogP contribution in [0, 0.1) is 6.92 Å². The van der Waals surface area contributed by atoms with Gasteiger partial charge in [0.05, 0.1) is 17.1 Å². The molecule has 1 saturated carbocycles. The number of nitrogens with zero attached hydrogens (tertiary/aromatic N) is 3. The normalized spacial score (nSPS) is 14.5. The standard InChI is InChI=1S/C23H22N4O/c1-16-15-18(17-7-8-17)9-10-21(16)27-14-12-22(28)23(26-27)20(11-13-24)25-19-5-3-2-4-6-19/h2-6,9-15,17H,7-8,24H2,1H3. The van der Waals surface area contributed by atoms with Crippen molar-refractivity contribution in [2.45, 2.75) is 25.7 Å². The molecule has 4 rings (SSSR count). The number of para-hydroxylation sites is 1. The molecule has 1 heterocycles. The summed E-state index contributed by atoms with van der Waals surface area (Å²) in [5, 5.41) is 4.58. The van der Waals surface area contributed by atoms with Crippen LogP contribution in [0.5, 0.6) is 0 Å². The van der Waals surface area contributed by atoms with Gasteiger partial charge in [0.15, 0.2) is 5.69 Å². The van der Waals surface area contributed by atoms with E-state index in [4.69, 9.17) is 5.73 Å². The zero-order valence-electron chi connectivity index (χ0n) is 15.7. The van der Waals surface area contributed by atoms with Crippen LogP contribution in [-0.4, -0.2) is 15.5 Å². The maximum Gasteiger partial charge on any atom is 0.209 e. The predicted molar refractivity (Wildman–Crippen MR) is 113 cm³/mol. The van der Waals surface area contributed by atoms with Crippen LogP contribution in [0.1, 0.15) is 35.6 Å². The maximum atomic E-state index is 12.5. The van der Waals surface area contributed by atoms with E-state index >= 15 is 0 Å². The Bertz CT molecular complexity index is 1110. The number of aromatic nitrogens is 2. The van der Waals surface area contributed by atoms with Gasteiger partial charge in [0.25, 0.3) is 0 Å². The van der Waals surface area contributed by atoms with Crippen molar-refractivity contribution in [1.29, 1.82) is 0 Å². The number of benzene rings is 2. The van der Waals surface area contributed by atoms with E-state index < -0.39 is 0 Å². The van der Waals surface area contributed by atoms with Crippen LogP contribution in [0.4, 0.5) is 5.69 Å². The maximum absolute atomic E-state index is 12.5. The van der Waals surface area contributed by atoms with Crippen molar-refractivity contribution in [3.05, 3.63) is 100 Å². The van der Waals surface area contributed by atoms with Gasteiger partial charge in [0.2, 0.25) is 5.43 Å². The first kappa shape index (κ1) is 17.9. The predicted octanol–water partition coefficient (Wildman–Crippen LogP) is 4.01. The zero-order chi connectivity index (χ0) is 19.5. The average molecular weight is 370 g/mol. The van der Waals surface area contributed by atoms with Crippen molar-refractivity contribution in [1.82, 2.24) is 9.78 Å². The fourth-order valence-corrected chi connectivity index (χ4v) is 3.23. The molecule has 0 atom stereocenters. The summed E-state index contributed by atoms with van der Waals surface area (Å²) in [6.45, 7) is 2.07.